The predicted molar refractivity (Wildman–Crippen MR) is 83.7 cm³/mol. The molecule has 0 saturated heterocycles. The number of nitrogens with one attached hydrogen (secondary N) is 1. The summed E-state index contributed by atoms with van der Waals surface area (Å²) in [6.45, 7) is 0.246. The summed E-state index contributed by atoms with van der Waals surface area (Å²) in [6.07, 6.45) is 0. The van der Waals surface area contributed by atoms with Crippen molar-refractivity contribution in [1.82, 2.24) is 0 Å². The normalized spacial score (nSPS) is 11.4. The molecule has 5 nitrogen and oxygen atoms in total. The van der Waals surface area contributed by atoms with Crippen LogP contribution in [-0.4, -0.2) is 15.5 Å². The number of rotatable bonds is 5. The van der Waals surface area contributed by atoms with Gasteiger partial charge in [0.1, 0.15) is 4.90 Å². The van der Waals surface area contributed by atoms with Crippen LogP contribution in [0.3, 0.4) is 0 Å². The molecule has 1 heterocycles. The molecule has 0 fully saturated rings. The summed E-state index contributed by atoms with van der Waals surface area (Å²) in [6, 6.07) is 5.31. The van der Waals surface area contributed by atoms with Crippen molar-refractivity contribution in [3.63, 3.8) is 0 Å². The van der Waals surface area contributed by atoms with Gasteiger partial charge in [-0.2, -0.15) is 0 Å². The molecule has 0 amide bonds. The van der Waals surface area contributed by atoms with Gasteiger partial charge in [0.15, 0.2) is 11.6 Å². The Morgan fingerprint density at radius 3 is 2.67 bits per heavy atom. The number of hydrogen-bond donors (Lipinski definition) is 2. The van der Waals surface area contributed by atoms with E-state index in [9.17, 15) is 12.8 Å². The molecular weight excluding hydrogens is 383 g/mol. The van der Waals surface area contributed by atoms with Crippen molar-refractivity contribution in [3.05, 3.63) is 38.7 Å². The zero-order valence-corrected chi connectivity index (χ0v) is 14.1. The van der Waals surface area contributed by atoms with Gasteiger partial charge in [0.25, 0.3) is 10.0 Å². The predicted octanol–water partition coefficient (Wildman–Crippen LogP) is 2.92. The van der Waals surface area contributed by atoms with Crippen LogP contribution >= 0.6 is 27.3 Å². The number of ether oxygens (including phenoxy) is 1. The number of hydrogen-bond acceptors (Lipinski definition) is 5. The highest BCUT2D eigenvalue weighted by atomic mass is 79.9. The van der Waals surface area contributed by atoms with Gasteiger partial charge in [0.05, 0.1) is 16.6 Å². The van der Waals surface area contributed by atoms with Gasteiger partial charge >= 0.3 is 0 Å². The molecule has 0 spiro atoms. The molecular formula is C12H12BrFN2O3S2. The minimum Gasteiger partial charge on any atom is -0.494 e. The SMILES string of the molecule is COc1ccc(NS(=O)(=O)c2cc(CN)sc2Br)cc1F. The Morgan fingerprint density at radius 2 is 2.14 bits per heavy atom. The number of methoxy groups -OCH3 is 1. The monoisotopic (exact) mass is 394 g/mol. The second-order valence-electron chi connectivity index (χ2n) is 4.01. The van der Waals surface area contributed by atoms with Crippen molar-refractivity contribution in [2.45, 2.75) is 11.4 Å². The Hall–Kier alpha value is -1.16. The molecule has 1 aromatic heterocycles. The molecule has 0 aliphatic rings. The molecule has 0 saturated carbocycles. The van der Waals surface area contributed by atoms with Crippen molar-refractivity contribution < 1.29 is 17.5 Å². The molecule has 0 aliphatic heterocycles. The van der Waals surface area contributed by atoms with Crippen molar-refractivity contribution in [1.29, 1.82) is 0 Å². The van der Waals surface area contributed by atoms with E-state index in [2.05, 4.69) is 20.7 Å². The fraction of sp³-hybridized carbons (Fsp3) is 0.167. The average molecular weight is 395 g/mol. The maximum atomic E-state index is 13.6. The number of halogens is 2. The largest absolute Gasteiger partial charge is 0.494 e. The molecule has 0 aliphatic carbocycles. The highest BCUT2D eigenvalue weighted by Gasteiger charge is 2.21. The van der Waals surface area contributed by atoms with Crippen LogP contribution < -0.4 is 15.2 Å². The van der Waals surface area contributed by atoms with Crippen LogP contribution in [0.2, 0.25) is 0 Å². The lowest BCUT2D eigenvalue weighted by Crippen LogP contribution is -2.13. The highest BCUT2D eigenvalue weighted by molar-refractivity contribution is 9.11. The molecule has 3 N–H and O–H groups in total. The Balaban J connectivity index is 2.32. The van der Waals surface area contributed by atoms with E-state index in [1.807, 2.05) is 0 Å². The maximum absolute atomic E-state index is 13.6. The van der Waals surface area contributed by atoms with Crippen LogP contribution in [0.1, 0.15) is 4.88 Å². The van der Waals surface area contributed by atoms with Crippen molar-refractivity contribution in [2.24, 2.45) is 5.73 Å². The van der Waals surface area contributed by atoms with Gasteiger partial charge in [-0.25, -0.2) is 12.8 Å². The summed E-state index contributed by atoms with van der Waals surface area (Å²) in [7, 11) is -2.49. The maximum Gasteiger partial charge on any atom is 0.263 e. The summed E-state index contributed by atoms with van der Waals surface area (Å²) >= 11 is 4.43. The Bertz CT molecular complexity index is 762. The molecule has 0 unspecified atom stereocenters. The van der Waals surface area contributed by atoms with E-state index in [1.165, 1.54) is 36.6 Å². The van der Waals surface area contributed by atoms with Gasteiger partial charge in [-0.3, -0.25) is 4.72 Å². The first-order valence-electron chi connectivity index (χ1n) is 5.72. The van der Waals surface area contributed by atoms with Crippen LogP contribution in [-0.2, 0) is 16.6 Å². The van der Waals surface area contributed by atoms with Crippen molar-refractivity contribution >= 4 is 43.0 Å². The van der Waals surface area contributed by atoms with Gasteiger partial charge < -0.3 is 10.5 Å². The molecule has 9 heteroatoms. The Kier molecular flexibility index (Phi) is 4.87. The van der Waals surface area contributed by atoms with Crippen molar-refractivity contribution in [2.75, 3.05) is 11.8 Å². The number of thiophene rings is 1. The molecule has 114 valence electrons. The lowest BCUT2D eigenvalue weighted by molar-refractivity contribution is 0.386. The van der Waals surface area contributed by atoms with E-state index >= 15 is 0 Å². The van der Waals surface area contributed by atoms with E-state index in [4.69, 9.17) is 10.5 Å². The standard InChI is InChI=1S/C12H12BrFN2O3S2/c1-19-10-3-2-7(4-9(10)14)16-21(17,18)11-5-8(6-15)20-12(11)13/h2-5,16H,6,15H2,1H3. The fourth-order valence-electron chi connectivity index (χ4n) is 1.62. The molecule has 1 aromatic carbocycles. The van der Waals surface area contributed by atoms with Crippen LogP contribution in [0.4, 0.5) is 10.1 Å². The molecule has 0 bridgehead atoms. The first kappa shape index (κ1) is 16.2. The van der Waals surface area contributed by atoms with Gasteiger partial charge in [-0.1, -0.05) is 0 Å². The second kappa shape index (κ2) is 6.30. The molecule has 21 heavy (non-hydrogen) atoms. The smallest absolute Gasteiger partial charge is 0.263 e. The summed E-state index contributed by atoms with van der Waals surface area (Å²) in [4.78, 5) is 0.798. The third-order valence-corrected chi connectivity index (χ3v) is 6.26. The van der Waals surface area contributed by atoms with E-state index in [1.54, 1.807) is 0 Å². The van der Waals surface area contributed by atoms with E-state index in [-0.39, 0.29) is 22.9 Å². The van der Waals surface area contributed by atoms with Gasteiger partial charge in [-0.15, -0.1) is 11.3 Å². The zero-order chi connectivity index (χ0) is 15.6. The quantitative estimate of drug-likeness (QED) is 0.816. The van der Waals surface area contributed by atoms with Crippen molar-refractivity contribution in [3.8, 4) is 5.75 Å². The fourth-order valence-corrected chi connectivity index (χ4v) is 5.23. The second-order valence-corrected chi connectivity index (χ2v) is 8.12. The minimum atomic E-state index is -3.82. The van der Waals surface area contributed by atoms with E-state index < -0.39 is 15.8 Å². The van der Waals surface area contributed by atoms with Gasteiger partial charge in [0.2, 0.25) is 0 Å². The van der Waals surface area contributed by atoms with Crippen LogP contribution in [0.25, 0.3) is 0 Å². The first-order chi connectivity index (χ1) is 9.87. The summed E-state index contributed by atoms with van der Waals surface area (Å²) in [5.74, 6) is -0.607. The minimum absolute atomic E-state index is 0.0417. The number of anilines is 1. The van der Waals surface area contributed by atoms with E-state index in [0.717, 1.165) is 10.9 Å². The molecule has 2 rings (SSSR count). The van der Waals surface area contributed by atoms with Gasteiger partial charge in [-0.05, 0) is 34.1 Å². The molecule has 0 atom stereocenters. The number of nitrogens with two attached hydrogens (primary N) is 1. The van der Waals surface area contributed by atoms with E-state index in [0.29, 0.717) is 3.79 Å². The zero-order valence-electron chi connectivity index (χ0n) is 10.9. The number of sulfonamides is 1. The topological polar surface area (TPSA) is 81.4 Å². The summed E-state index contributed by atoms with van der Waals surface area (Å²) < 4.78 is 45.7. The first-order valence-corrected chi connectivity index (χ1v) is 8.81. The molecule has 2 aromatic rings. The lowest BCUT2D eigenvalue weighted by atomic mass is 10.3. The highest BCUT2D eigenvalue weighted by Crippen LogP contribution is 2.33. The third-order valence-electron chi connectivity index (χ3n) is 2.60. The Labute approximate surface area is 134 Å². The summed E-state index contributed by atoms with van der Waals surface area (Å²) in [5, 5.41) is 0. The van der Waals surface area contributed by atoms with Crippen LogP contribution in [0.15, 0.2) is 32.9 Å². The summed E-state index contributed by atoms with van der Waals surface area (Å²) in [5.41, 5.74) is 5.60. The van der Waals surface area contributed by atoms with Crippen LogP contribution in [0.5, 0.6) is 5.75 Å². The lowest BCUT2D eigenvalue weighted by Gasteiger charge is -2.08. The van der Waals surface area contributed by atoms with Crippen LogP contribution in [0, 0.1) is 5.82 Å². The Morgan fingerprint density at radius 1 is 1.43 bits per heavy atom. The molecule has 0 radical (unpaired) electrons. The average Bonchev–Trinajstić information content (AvgIpc) is 2.81. The third kappa shape index (κ3) is 3.54. The van der Waals surface area contributed by atoms with Gasteiger partial charge in [0, 0.05) is 17.5 Å². The number of benzene rings is 1.